The monoisotopic (exact) mass is 624 g/mol. The average Bonchev–Trinajstić information content (AvgIpc) is 3.69. The minimum Gasteiger partial charge on any atom is -0.454 e. The standard InChI is InChI=1S/C33H22BrFN2O5/c34-21-7-12-26-24(14-21)25(33(41)42-16-28(38)18-3-8-22(35)9-4-18)15-27(36-26)17-5-10-23(11-6-17)37-31(39)29-19-1-2-20(13-19)30(29)32(37)40/h1-12,14-15,19-20,29-30H,13,16H2. The van der Waals surface area contributed by atoms with Gasteiger partial charge in [0.15, 0.2) is 12.4 Å². The van der Waals surface area contributed by atoms with Crippen LogP contribution in [0, 0.1) is 29.5 Å². The number of ketones is 1. The quantitative estimate of drug-likeness (QED) is 0.110. The Morgan fingerprint density at radius 1 is 0.905 bits per heavy atom. The van der Waals surface area contributed by atoms with E-state index >= 15 is 0 Å². The molecule has 1 aromatic heterocycles. The largest absolute Gasteiger partial charge is 0.454 e. The molecule has 42 heavy (non-hydrogen) atoms. The van der Waals surface area contributed by atoms with Gasteiger partial charge in [0.1, 0.15) is 5.82 Å². The number of aromatic nitrogens is 1. The number of fused-ring (bicyclic) bond motifs is 6. The molecular weight excluding hydrogens is 603 g/mol. The predicted octanol–water partition coefficient (Wildman–Crippen LogP) is 6.15. The molecule has 7 nitrogen and oxygen atoms in total. The number of allylic oxidation sites excluding steroid dienone is 2. The van der Waals surface area contributed by atoms with E-state index in [0.717, 1.165) is 10.9 Å². The SMILES string of the molecule is O=C(COC(=O)c1cc(-c2ccc(N3C(=O)C4C5C=CC(C5)C4C3=O)cc2)nc2ccc(Br)cc12)c1ccc(F)cc1. The fourth-order valence-electron chi connectivity index (χ4n) is 6.38. The molecule has 7 rings (SSSR count). The molecular formula is C33H22BrFN2O5. The minimum atomic E-state index is -0.711. The first-order chi connectivity index (χ1) is 20.3. The molecule has 1 saturated heterocycles. The number of carbonyl (C=O) groups is 4. The summed E-state index contributed by atoms with van der Waals surface area (Å²) in [6.45, 7) is -0.510. The van der Waals surface area contributed by atoms with Gasteiger partial charge in [-0.2, -0.15) is 0 Å². The van der Waals surface area contributed by atoms with Crippen LogP contribution in [0.5, 0.6) is 0 Å². The predicted molar refractivity (Wildman–Crippen MR) is 156 cm³/mol. The number of imide groups is 1. The van der Waals surface area contributed by atoms with Gasteiger partial charge in [-0.15, -0.1) is 0 Å². The molecule has 3 aliphatic rings. The molecule has 2 bridgehead atoms. The molecule has 2 fully saturated rings. The normalized spacial score (nSPS) is 22.2. The smallest absolute Gasteiger partial charge is 0.339 e. The number of rotatable bonds is 6. The van der Waals surface area contributed by atoms with E-state index in [0.29, 0.717) is 27.8 Å². The van der Waals surface area contributed by atoms with Gasteiger partial charge in [-0.05, 0) is 78.9 Å². The van der Waals surface area contributed by atoms with Gasteiger partial charge in [0.2, 0.25) is 11.8 Å². The zero-order chi connectivity index (χ0) is 29.1. The number of ether oxygens (including phenoxy) is 1. The van der Waals surface area contributed by atoms with Crippen molar-refractivity contribution in [1.82, 2.24) is 4.98 Å². The second-order valence-corrected chi connectivity index (χ2v) is 11.7. The van der Waals surface area contributed by atoms with Crippen LogP contribution in [0.1, 0.15) is 27.1 Å². The maximum atomic E-state index is 13.2. The van der Waals surface area contributed by atoms with Crippen molar-refractivity contribution in [3.63, 3.8) is 0 Å². The second-order valence-electron chi connectivity index (χ2n) is 10.8. The van der Waals surface area contributed by atoms with E-state index in [1.54, 1.807) is 48.5 Å². The third-order valence-corrected chi connectivity index (χ3v) is 8.88. The maximum absolute atomic E-state index is 13.2. The Morgan fingerprint density at radius 2 is 1.57 bits per heavy atom. The van der Waals surface area contributed by atoms with Crippen molar-refractivity contribution in [2.24, 2.45) is 23.7 Å². The van der Waals surface area contributed by atoms with E-state index in [1.165, 1.54) is 29.2 Å². The van der Waals surface area contributed by atoms with Gasteiger partial charge in [0.25, 0.3) is 0 Å². The highest BCUT2D eigenvalue weighted by Gasteiger charge is 2.59. The van der Waals surface area contributed by atoms with E-state index < -0.39 is 24.2 Å². The Morgan fingerprint density at radius 3 is 2.24 bits per heavy atom. The molecule has 4 atom stereocenters. The third kappa shape index (κ3) is 4.36. The summed E-state index contributed by atoms with van der Waals surface area (Å²) in [5.74, 6) is -2.24. The molecule has 0 spiro atoms. The summed E-state index contributed by atoms with van der Waals surface area (Å²) in [7, 11) is 0. The fraction of sp³-hybridized carbons (Fsp3) is 0.182. The number of Topliss-reactive ketones (excluding diaryl/α,β-unsaturated/α-hetero) is 1. The van der Waals surface area contributed by atoms with Crippen LogP contribution in [0.2, 0.25) is 0 Å². The van der Waals surface area contributed by atoms with Crippen LogP contribution >= 0.6 is 15.9 Å². The van der Waals surface area contributed by atoms with Crippen molar-refractivity contribution in [3.05, 3.63) is 106 Å². The third-order valence-electron chi connectivity index (χ3n) is 8.38. The van der Waals surface area contributed by atoms with Crippen LogP contribution in [-0.2, 0) is 14.3 Å². The number of halogens is 2. The first-order valence-corrected chi connectivity index (χ1v) is 14.3. The number of hydrogen-bond acceptors (Lipinski definition) is 6. The fourth-order valence-corrected chi connectivity index (χ4v) is 6.74. The first-order valence-electron chi connectivity index (χ1n) is 13.5. The lowest BCUT2D eigenvalue weighted by Crippen LogP contribution is -2.32. The van der Waals surface area contributed by atoms with E-state index in [-0.39, 0.29) is 46.6 Å². The number of esters is 1. The van der Waals surface area contributed by atoms with Crippen molar-refractivity contribution < 1.29 is 28.3 Å². The Balaban J connectivity index is 1.16. The Bertz CT molecular complexity index is 1810. The summed E-state index contributed by atoms with van der Waals surface area (Å²) < 4.78 is 19.3. The topological polar surface area (TPSA) is 93.6 Å². The summed E-state index contributed by atoms with van der Waals surface area (Å²) in [4.78, 5) is 58.2. The molecule has 0 radical (unpaired) electrons. The molecule has 208 valence electrons. The molecule has 9 heteroatoms. The first kappa shape index (κ1) is 26.4. The van der Waals surface area contributed by atoms with Crippen molar-refractivity contribution in [2.75, 3.05) is 11.5 Å². The molecule has 1 aliphatic heterocycles. The maximum Gasteiger partial charge on any atom is 0.339 e. The van der Waals surface area contributed by atoms with Gasteiger partial charge in [-0.1, -0.05) is 40.2 Å². The highest BCUT2D eigenvalue weighted by atomic mass is 79.9. The Labute approximate surface area is 248 Å². The molecule has 1 saturated carbocycles. The summed E-state index contributed by atoms with van der Waals surface area (Å²) in [5.41, 5.74) is 2.64. The summed E-state index contributed by atoms with van der Waals surface area (Å²) in [6, 6.07) is 18.9. The van der Waals surface area contributed by atoms with E-state index in [9.17, 15) is 23.6 Å². The highest BCUT2D eigenvalue weighted by Crippen LogP contribution is 2.53. The van der Waals surface area contributed by atoms with Crippen LogP contribution in [0.25, 0.3) is 22.2 Å². The summed E-state index contributed by atoms with van der Waals surface area (Å²) in [5, 5.41) is 0.534. The lowest BCUT2D eigenvalue weighted by atomic mass is 9.85. The van der Waals surface area contributed by atoms with E-state index in [1.807, 2.05) is 0 Å². The van der Waals surface area contributed by atoms with Gasteiger partial charge < -0.3 is 4.74 Å². The zero-order valence-electron chi connectivity index (χ0n) is 22.0. The molecule has 4 unspecified atom stereocenters. The van der Waals surface area contributed by atoms with Gasteiger partial charge in [-0.25, -0.2) is 14.2 Å². The van der Waals surface area contributed by atoms with Crippen molar-refractivity contribution >= 4 is 56.1 Å². The number of anilines is 1. The minimum absolute atomic E-state index is 0.131. The summed E-state index contributed by atoms with van der Waals surface area (Å²) in [6.07, 6.45) is 5.00. The number of pyridine rings is 1. The number of carbonyl (C=O) groups excluding carboxylic acids is 4. The highest BCUT2D eigenvalue weighted by molar-refractivity contribution is 9.10. The van der Waals surface area contributed by atoms with Crippen molar-refractivity contribution in [1.29, 1.82) is 0 Å². The number of benzene rings is 3. The number of hydrogen-bond donors (Lipinski definition) is 0. The molecule has 0 N–H and O–H groups in total. The van der Waals surface area contributed by atoms with Gasteiger partial charge in [-0.3, -0.25) is 19.3 Å². The Kier molecular flexibility index (Phi) is 6.35. The Hall–Kier alpha value is -4.50. The second kappa shape index (κ2) is 10.1. The van der Waals surface area contributed by atoms with E-state index in [2.05, 4.69) is 28.1 Å². The van der Waals surface area contributed by atoms with Crippen LogP contribution in [0.4, 0.5) is 10.1 Å². The lowest BCUT2D eigenvalue weighted by molar-refractivity contribution is -0.123. The zero-order valence-corrected chi connectivity index (χ0v) is 23.6. The molecule has 2 aliphatic carbocycles. The lowest BCUT2D eigenvalue weighted by Gasteiger charge is -2.17. The van der Waals surface area contributed by atoms with Crippen LogP contribution in [-0.4, -0.2) is 35.2 Å². The van der Waals surface area contributed by atoms with Gasteiger partial charge in [0, 0.05) is 21.0 Å². The van der Waals surface area contributed by atoms with Crippen LogP contribution in [0.3, 0.4) is 0 Å². The van der Waals surface area contributed by atoms with E-state index in [4.69, 9.17) is 9.72 Å². The molecule has 2 heterocycles. The number of nitrogens with zero attached hydrogens (tertiary/aromatic N) is 2. The summed E-state index contributed by atoms with van der Waals surface area (Å²) >= 11 is 3.43. The average molecular weight is 625 g/mol. The number of amides is 2. The van der Waals surface area contributed by atoms with Gasteiger partial charge in [0.05, 0.1) is 34.3 Å². The molecule has 4 aromatic rings. The van der Waals surface area contributed by atoms with Crippen molar-refractivity contribution in [3.8, 4) is 11.3 Å². The van der Waals surface area contributed by atoms with Crippen LogP contribution < -0.4 is 4.90 Å². The van der Waals surface area contributed by atoms with Crippen molar-refractivity contribution in [2.45, 2.75) is 6.42 Å². The van der Waals surface area contributed by atoms with Crippen LogP contribution in [0.15, 0.2) is 89.4 Å². The molecule has 2 amide bonds. The molecule has 3 aromatic carbocycles. The van der Waals surface area contributed by atoms with Gasteiger partial charge >= 0.3 is 5.97 Å².